The number of halogens is 1. The molecule has 1 rings (SSSR count). The lowest BCUT2D eigenvalue weighted by molar-refractivity contribution is 0.364. The third kappa shape index (κ3) is 4.44. The van der Waals surface area contributed by atoms with Crippen LogP contribution in [0, 0.1) is 5.92 Å². The smallest absolute Gasteiger partial charge is 0.0931 e. The van der Waals surface area contributed by atoms with Crippen LogP contribution in [0.25, 0.3) is 0 Å². The third-order valence-electron chi connectivity index (χ3n) is 3.04. The van der Waals surface area contributed by atoms with E-state index in [-0.39, 0.29) is 0 Å². The zero-order valence-corrected chi connectivity index (χ0v) is 12.0. The predicted octanol–water partition coefficient (Wildman–Crippen LogP) is 4.36. The van der Waals surface area contributed by atoms with Gasteiger partial charge in [-0.2, -0.15) is 0 Å². The minimum atomic E-state index is 0.589. The van der Waals surface area contributed by atoms with Gasteiger partial charge in [-0.3, -0.25) is 0 Å². The normalized spacial score (nSPS) is 15.0. The number of rotatable bonds is 7. The molecule has 1 aromatic heterocycles. The Kier molecular flexibility index (Phi) is 6.40. The van der Waals surface area contributed by atoms with E-state index in [2.05, 4.69) is 32.2 Å². The van der Waals surface area contributed by atoms with E-state index in [1.54, 1.807) is 11.3 Å². The van der Waals surface area contributed by atoms with Crippen LogP contribution in [0.2, 0.25) is 4.34 Å². The molecule has 0 aliphatic rings. The molecule has 1 aromatic rings. The van der Waals surface area contributed by atoms with Crippen LogP contribution in [0.1, 0.15) is 38.5 Å². The second kappa shape index (κ2) is 7.31. The summed E-state index contributed by atoms with van der Waals surface area (Å²) in [7, 11) is 0. The second-order valence-corrected chi connectivity index (χ2v) is 6.12. The van der Waals surface area contributed by atoms with Crippen LogP contribution in [-0.2, 0) is 6.42 Å². The van der Waals surface area contributed by atoms with E-state index in [4.69, 9.17) is 11.6 Å². The standard InChI is InChI=1S/C13H22ClNS/c1-4-8-15-10(3)11(5-2)9-12-6-7-13(14)16-12/h6-7,10-11,15H,4-5,8-9H2,1-3H3. The summed E-state index contributed by atoms with van der Waals surface area (Å²) in [5, 5.41) is 3.58. The SMILES string of the molecule is CCCNC(C)C(CC)Cc1ccc(Cl)s1. The Morgan fingerprint density at radius 2 is 2.12 bits per heavy atom. The Balaban J connectivity index is 2.47. The van der Waals surface area contributed by atoms with Crippen LogP contribution in [0.3, 0.4) is 0 Å². The summed E-state index contributed by atoms with van der Waals surface area (Å²) in [4.78, 5) is 1.40. The lowest BCUT2D eigenvalue weighted by atomic mass is 9.94. The highest BCUT2D eigenvalue weighted by atomic mass is 35.5. The highest BCUT2D eigenvalue weighted by Crippen LogP contribution is 2.25. The van der Waals surface area contributed by atoms with Crippen molar-refractivity contribution in [3.63, 3.8) is 0 Å². The van der Waals surface area contributed by atoms with Gasteiger partial charge < -0.3 is 5.32 Å². The maximum Gasteiger partial charge on any atom is 0.0931 e. The molecule has 2 atom stereocenters. The molecule has 16 heavy (non-hydrogen) atoms. The molecule has 0 aromatic carbocycles. The van der Waals surface area contributed by atoms with Gasteiger partial charge >= 0.3 is 0 Å². The zero-order chi connectivity index (χ0) is 12.0. The maximum absolute atomic E-state index is 5.95. The van der Waals surface area contributed by atoms with Crippen molar-refractivity contribution in [3.8, 4) is 0 Å². The first-order chi connectivity index (χ1) is 7.67. The molecule has 0 fully saturated rings. The van der Waals surface area contributed by atoms with Gasteiger partial charge in [0.1, 0.15) is 0 Å². The number of hydrogen-bond acceptors (Lipinski definition) is 2. The average Bonchev–Trinajstić information content (AvgIpc) is 2.68. The molecule has 0 spiro atoms. The van der Waals surface area contributed by atoms with Gasteiger partial charge in [-0.05, 0) is 44.4 Å². The highest BCUT2D eigenvalue weighted by Gasteiger charge is 2.16. The van der Waals surface area contributed by atoms with Gasteiger partial charge in [0.15, 0.2) is 0 Å². The molecular weight excluding hydrogens is 238 g/mol. The molecule has 0 amide bonds. The Labute approximate surface area is 108 Å². The number of thiophene rings is 1. The van der Waals surface area contributed by atoms with E-state index >= 15 is 0 Å². The van der Waals surface area contributed by atoms with Crippen LogP contribution in [0.15, 0.2) is 12.1 Å². The molecule has 3 heteroatoms. The number of nitrogens with one attached hydrogen (secondary N) is 1. The molecule has 2 unspecified atom stereocenters. The molecule has 92 valence electrons. The van der Waals surface area contributed by atoms with Crippen molar-refractivity contribution in [2.45, 2.75) is 46.1 Å². The summed E-state index contributed by atoms with van der Waals surface area (Å²) in [6, 6.07) is 4.74. The van der Waals surface area contributed by atoms with Crippen LogP contribution in [0.4, 0.5) is 0 Å². The second-order valence-electron chi connectivity index (χ2n) is 4.32. The Bertz CT molecular complexity index is 298. The predicted molar refractivity (Wildman–Crippen MR) is 74.6 cm³/mol. The van der Waals surface area contributed by atoms with Gasteiger partial charge in [-0.25, -0.2) is 0 Å². The maximum atomic E-state index is 5.95. The molecule has 0 radical (unpaired) electrons. The van der Waals surface area contributed by atoms with E-state index in [0.29, 0.717) is 12.0 Å². The van der Waals surface area contributed by atoms with Gasteiger partial charge in [-0.1, -0.05) is 31.9 Å². The van der Waals surface area contributed by atoms with Crippen molar-refractivity contribution in [2.24, 2.45) is 5.92 Å². The van der Waals surface area contributed by atoms with Crippen LogP contribution < -0.4 is 5.32 Å². The Morgan fingerprint density at radius 1 is 1.38 bits per heavy atom. The van der Waals surface area contributed by atoms with E-state index in [1.165, 1.54) is 17.7 Å². The van der Waals surface area contributed by atoms with E-state index in [0.717, 1.165) is 17.3 Å². The van der Waals surface area contributed by atoms with Gasteiger partial charge in [-0.15, -0.1) is 11.3 Å². The van der Waals surface area contributed by atoms with E-state index < -0.39 is 0 Å². The van der Waals surface area contributed by atoms with Crippen LogP contribution >= 0.6 is 22.9 Å². The van der Waals surface area contributed by atoms with Crippen molar-refractivity contribution in [1.29, 1.82) is 0 Å². The largest absolute Gasteiger partial charge is 0.314 e. The molecule has 0 bridgehead atoms. The topological polar surface area (TPSA) is 12.0 Å². The fourth-order valence-electron chi connectivity index (χ4n) is 1.93. The molecule has 1 N–H and O–H groups in total. The first-order valence-electron chi connectivity index (χ1n) is 6.15. The van der Waals surface area contributed by atoms with E-state index in [9.17, 15) is 0 Å². The van der Waals surface area contributed by atoms with Gasteiger partial charge in [0.05, 0.1) is 4.34 Å². The summed E-state index contributed by atoms with van der Waals surface area (Å²) >= 11 is 7.66. The number of hydrogen-bond donors (Lipinski definition) is 1. The van der Waals surface area contributed by atoms with Gasteiger partial charge in [0, 0.05) is 10.9 Å². The molecule has 0 aliphatic carbocycles. The van der Waals surface area contributed by atoms with Crippen molar-refractivity contribution in [3.05, 3.63) is 21.3 Å². The van der Waals surface area contributed by atoms with Crippen molar-refractivity contribution in [2.75, 3.05) is 6.54 Å². The third-order valence-corrected chi connectivity index (χ3v) is 4.29. The lowest BCUT2D eigenvalue weighted by Crippen LogP contribution is -2.34. The minimum Gasteiger partial charge on any atom is -0.314 e. The van der Waals surface area contributed by atoms with Gasteiger partial charge in [0.2, 0.25) is 0 Å². The fraction of sp³-hybridized carbons (Fsp3) is 0.692. The van der Waals surface area contributed by atoms with Crippen molar-refractivity contribution >= 4 is 22.9 Å². The van der Waals surface area contributed by atoms with Crippen molar-refractivity contribution < 1.29 is 0 Å². The monoisotopic (exact) mass is 259 g/mol. The van der Waals surface area contributed by atoms with Crippen LogP contribution in [0.5, 0.6) is 0 Å². The quantitative estimate of drug-likeness (QED) is 0.767. The minimum absolute atomic E-state index is 0.589. The Hall–Kier alpha value is -0.0500. The fourth-order valence-corrected chi connectivity index (χ4v) is 3.11. The van der Waals surface area contributed by atoms with Crippen molar-refractivity contribution in [1.82, 2.24) is 5.32 Å². The molecule has 0 aliphatic heterocycles. The lowest BCUT2D eigenvalue weighted by Gasteiger charge is -2.23. The summed E-state index contributed by atoms with van der Waals surface area (Å²) in [5.41, 5.74) is 0. The van der Waals surface area contributed by atoms with Gasteiger partial charge in [0.25, 0.3) is 0 Å². The molecule has 1 nitrogen and oxygen atoms in total. The summed E-state index contributed by atoms with van der Waals surface area (Å²) < 4.78 is 0.902. The van der Waals surface area contributed by atoms with Crippen LogP contribution in [-0.4, -0.2) is 12.6 Å². The first-order valence-corrected chi connectivity index (χ1v) is 7.34. The molecule has 0 saturated carbocycles. The molecule has 1 heterocycles. The zero-order valence-electron chi connectivity index (χ0n) is 10.4. The summed E-state index contributed by atoms with van der Waals surface area (Å²) in [6.07, 6.45) is 3.56. The first kappa shape index (κ1) is 14.0. The summed E-state index contributed by atoms with van der Waals surface area (Å²) in [5.74, 6) is 0.710. The highest BCUT2D eigenvalue weighted by molar-refractivity contribution is 7.16. The molecule has 0 saturated heterocycles. The summed E-state index contributed by atoms with van der Waals surface area (Å²) in [6.45, 7) is 7.88. The van der Waals surface area contributed by atoms with E-state index in [1.807, 2.05) is 6.07 Å². The molecular formula is C13H22ClNS. The average molecular weight is 260 g/mol. The Morgan fingerprint density at radius 3 is 2.62 bits per heavy atom.